The molecule has 1 heteroatoms. The van der Waals surface area contributed by atoms with Gasteiger partial charge >= 0.3 is 0 Å². The minimum atomic E-state index is 0.830. The van der Waals surface area contributed by atoms with Gasteiger partial charge in [-0.2, -0.15) is 0 Å². The van der Waals surface area contributed by atoms with Gasteiger partial charge in [0.25, 0.3) is 0 Å². The summed E-state index contributed by atoms with van der Waals surface area (Å²) >= 11 is 0. The van der Waals surface area contributed by atoms with E-state index in [4.69, 9.17) is 0 Å². The monoisotopic (exact) mass is 243 g/mol. The topological polar surface area (TPSA) is 3.24 Å². The Morgan fingerprint density at radius 3 is 2.72 bits per heavy atom. The molecule has 0 aromatic heterocycles. The van der Waals surface area contributed by atoms with Gasteiger partial charge in [-0.25, -0.2) is 0 Å². The quantitative estimate of drug-likeness (QED) is 0.776. The average Bonchev–Trinajstić information content (AvgIpc) is 2.46. The molecule has 1 aliphatic carbocycles. The van der Waals surface area contributed by atoms with Gasteiger partial charge in [-0.05, 0) is 75.2 Å². The summed E-state index contributed by atoms with van der Waals surface area (Å²) in [6.45, 7) is 4.00. The molecular weight excluding hydrogens is 218 g/mol. The number of piperidine rings is 1. The third-order valence-electron chi connectivity index (χ3n) is 4.74. The lowest BCUT2D eigenvalue weighted by Crippen LogP contribution is -2.31. The van der Waals surface area contributed by atoms with Gasteiger partial charge in [0, 0.05) is 0 Å². The molecule has 0 N–H and O–H groups in total. The molecule has 1 aromatic carbocycles. The molecule has 1 nitrogen and oxygen atoms in total. The van der Waals surface area contributed by atoms with Crippen molar-refractivity contribution in [3.8, 4) is 0 Å². The van der Waals surface area contributed by atoms with Crippen LogP contribution < -0.4 is 0 Å². The highest BCUT2D eigenvalue weighted by molar-refractivity contribution is 5.32. The van der Waals surface area contributed by atoms with Gasteiger partial charge < -0.3 is 4.90 Å². The zero-order valence-corrected chi connectivity index (χ0v) is 11.4. The Kier molecular flexibility index (Phi) is 3.99. The molecule has 0 radical (unpaired) electrons. The van der Waals surface area contributed by atoms with Crippen molar-refractivity contribution in [1.82, 2.24) is 4.90 Å². The van der Waals surface area contributed by atoms with Crippen LogP contribution in [0.3, 0.4) is 0 Å². The maximum atomic E-state index is 2.68. The average molecular weight is 243 g/mol. The second-order valence-electron chi connectivity index (χ2n) is 5.98. The second-order valence-corrected chi connectivity index (χ2v) is 5.98. The van der Waals surface area contributed by atoms with E-state index in [-0.39, 0.29) is 0 Å². The maximum Gasteiger partial charge on any atom is -0.00129 e. The van der Waals surface area contributed by atoms with Crippen LogP contribution in [0.4, 0.5) is 0 Å². The van der Waals surface area contributed by atoms with Crippen LogP contribution in [0.5, 0.6) is 0 Å². The molecule has 18 heavy (non-hydrogen) atoms. The zero-order valence-electron chi connectivity index (χ0n) is 11.4. The highest BCUT2D eigenvalue weighted by atomic mass is 15.1. The van der Waals surface area contributed by atoms with E-state index in [0.717, 1.165) is 5.92 Å². The fraction of sp³-hybridized carbons (Fsp3) is 0.647. The number of hydrogen-bond donors (Lipinski definition) is 0. The Bertz CT molecular complexity index is 379. The number of likely N-dealkylation sites (tertiary alicyclic amines) is 1. The standard InChI is InChI=1S/C17H25N/c1-4-12-18(13-5-1)14-11-16-9-6-8-15-7-2-3-10-17(15)16/h2-3,7,10,16H,1,4-6,8-9,11-14H2. The molecule has 2 aliphatic rings. The van der Waals surface area contributed by atoms with E-state index in [1.165, 1.54) is 64.6 Å². The minimum absolute atomic E-state index is 0.830. The molecule has 1 heterocycles. The van der Waals surface area contributed by atoms with Crippen LogP contribution in [-0.2, 0) is 6.42 Å². The van der Waals surface area contributed by atoms with Crippen molar-refractivity contribution >= 4 is 0 Å². The van der Waals surface area contributed by atoms with Crippen LogP contribution in [0.15, 0.2) is 24.3 Å². The first kappa shape index (κ1) is 12.2. The van der Waals surface area contributed by atoms with Crippen LogP contribution in [0.1, 0.15) is 55.6 Å². The lowest BCUT2D eigenvalue weighted by atomic mass is 9.81. The van der Waals surface area contributed by atoms with Gasteiger partial charge in [0.2, 0.25) is 0 Å². The normalized spacial score (nSPS) is 24.8. The van der Waals surface area contributed by atoms with Gasteiger partial charge in [-0.3, -0.25) is 0 Å². The largest absolute Gasteiger partial charge is 0.303 e. The molecule has 0 saturated carbocycles. The second kappa shape index (κ2) is 5.88. The van der Waals surface area contributed by atoms with Crippen LogP contribution in [0.2, 0.25) is 0 Å². The molecule has 0 spiro atoms. The van der Waals surface area contributed by atoms with Crippen LogP contribution in [0.25, 0.3) is 0 Å². The van der Waals surface area contributed by atoms with Crippen LogP contribution >= 0.6 is 0 Å². The maximum absolute atomic E-state index is 2.68. The summed E-state index contributed by atoms with van der Waals surface area (Å²) < 4.78 is 0. The molecule has 1 saturated heterocycles. The van der Waals surface area contributed by atoms with E-state index < -0.39 is 0 Å². The first-order chi connectivity index (χ1) is 8.93. The molecule has 98 valence electrons. The lowest BCUT2D eigenvalue weighted by molar-refractivity contribution is 0.218. The number of fused-ring (bicyclic) bond motifs is 1. The minimum Gasteiger partial charge on any atom is -0.303 e. The molecular formula is C17H25N. The number of hydrogen-bond acceptors (Lipinski definition) is 1. The molecule has 1 unspecified atom stereocenters. The summed E-state index contributed by atoms with van der Waals surface area (Å²) in [7, 11) is 0. The molecule has 1 atom stereocenters. The van der Waals surface area contributed by atoms with Crippen molar-refractivity contribution in [1.29, 1.82) is 0 Å². The lowest BCUT2D eigenvalue weighted by Gasteiger charge is -2.30. The molecule has 1 fully saturated rings. The van der Waals surface area contributed by atoms with E-state index in [1.54, 1.807) is 11.1 Å². The van der Waals surface area contributed by atoms with Crippen LogP contribution in [-0.4, -0.2) is 24.5 Å². The highest BCUT2D eigenvalue weighted by Gasteiger charge is 2.20. The van der Waals surface area contributed by atoms with E-state index >= 15 is 0 Å². The predicted molar refractivity (Wildman–Crippen MR) is 77.0 cm³/mol. The molecule has 1 aromatic rings. The van der Waals surface area contributed by atoms with E-state index in [9.17, 15) is 0 Å². The summed E-state index contributed by atoms with van der Waals surface area (Å²) in [5.74, 6) is 0.830. The highest BCUT2D eigenvalue weighted by Crippen LogP contribution is 2.34. The number of benzene rings is 1. The number of aryl methyl sites for hydroxylation is 1. The third kappa shape index (κ3) is 2.77. The molecule has 3 rings (SSSR count). The summed E-state index contributed by atoms with van der Waals surface area (Å²) in [4.78, 5) is 2.68. The van der Waals surface area contributed by atoms with Crippen molar-refractivity contribution in [2.45, 2.75) is 50.9 Å². The first-order valence-corrected chi connectivity index (χ1v) is 7.73. The Morgan fingerprint density at radius 2 is 1.83 bits per heavy atom. The summed E-state index contributed by atoms with van der Waals surface area (Å²) in [6, 6.07) is 9.13. The van der Waals surface area contributed by atoms with E-state index in [2.05, 4.69) is 29.2 Å². The zero-order chi connectivity index (χ0) is 12.2. The van der Waals surface area contributed by atoms with E-state index in [1.807, 2.05) is 0 Å². The van der Waals surface area contributed by atoms with Crippen molar-refractivity contribution < 1.29 is 0 Å². The summed E-state index contributed by atoms with van der Waals surface area (Å²) in [5.41, 5.74) is 3.27. The molecule has 0 amide bonds. The summed E-state index contributed by atoms with van der Waals surface area (Å²) in [6.07, 6.45) is 9.76. The smallest absolute Gasteiger partial charge is 0.00129 e. The van der Waals surface area contributed by atoms with Crippen molar-refractivity contribution in [3.63, 3.8) is 0 Å². The fourth-order valence-corrected chi connectivity index (χ4v) is 3.68. The summed E-state index contributed by atoms with van der Waals surface area (Å²) in [5, 5.41) is 0. The van der Waals surface area contributed by atoms with Crippen molar-refractivity contribution in [2.24, 2.45) is 0 Å². The SMILES string of the molecule is c1ccc2c(c1)CCCC2CCN1CCCCC1. The van der Waals surface area contributed by atoms with Gasteiger partial charge in [0.15, 0.2) is 0 Å². The molecule has 1 aliphatic heterocycles. The van der Waals surface area contributed by atoms with Gasteiger partial charge in [0.1, 0.15) is 0 Å². The van der Waals surface area contributed by atoms with E-state index in [0.29, 0.717) is 0 Å². The molecule has 0 bridgehead atoms. The Hall–Kier alpha value is -0.820. The fourth-order valence-electron chi connectivity index (χ4n) is 3.68. The first-order valence-electron chi connectivity index (χ1n) is 7.73. The Balaban J connectivity index is 1.60. The van der Waals surface area contributed by atoms with Crippen LogP contribution in [0, 0.1) is 0 Å². The third-order valence-corrected chi connectivity index (χ3v) is 4.74. The Morgan fingerprint density at radius 1 is 1.00 bits per heavy atom. The van der Waals surface area contributed by atoms with Gasteiger partial charge in [-0.15, -0.1) is 0 Å². The van der Waals surface area contributed by atoms with Crippen molar-refractivity contribution in [3.05, 3.63) is 35.4 Å². The van der Waals surface area contributed by atoms with Crippen molar-refractivity contribution in [2.75, 3.05) is 19.6 Å². The Labute approximate surface area is 111 Å². The number of rotatable bonds is 3. The van der Waals surface area contributed by atoms with Gasteiger partial charge in [0.05, 0.1) is 0 Å². The number of nitrogens with zero attached hydrogens (tertiary/aromatic N) is 1. The van der Waals surface area contributed by atoms with Gasteiger partial charge in [-0.1, -0.05) is 30.7 Å². The predicted octanol–water partition coefficient (Wildman–Crippen LogP) is 3.98.